The smallest absolute Gasteiger partial charge is 0.325 e. The molecule has 6 heteroatoms. The van der Waals surface area contributed by atoms with E-state index < -0.39 is 17.5 Å². The summed E-state index contributed by atoms with van der Waals surface area (Å²) in [5.74, 6) is -0.539. The van der Waals surface area contributed by atoms with Gasteiger partial charge in [-0.1, -0.05) is 42.5 Å². The number of urea groups is 1. The Bertz CT molecular complexity index is 891. The van der Waals surface area contributed by atoms with Gasteiger partial charge in [0.25, 0.3) is 5.91 Å². The number of carbonyl (C=O) groups is 3. The molecule has 2 aromatic rings. The molecule has 0 radical (unpaired) electrons. The van der Waals surface area contributed by atoms with Gasteiger partial charge in [-0.2, -0.15) is 0 Å². The first-order valence-corrected chi connectivity index (χ1v) is 9.07. The molecule has 2 fully saturated rings. The van der Waals surface area contributed by atoms with Crippen LogP contribution in [0.1, 0.15) is 19.8 Å². The van der Waals surface area contributed by atoms with Gasteiger partial charge in [0.1, 0.15) is 12.1 Å². The summed E-state index contributed by atoms with van der Waals surface area (Å²) in [5, 5.41) is 5.49. The molecule has 1 heterocycles. The van der Waals surface area contributed by atoms with E-state index in [0.717, 1.165) is 28.9 Å². The molecule has 2 aromatic carbocycles. The molecule has 2 N–H and O–H groups in total. The van der Waals surface area contributed by atoms with E-state index in [1.165, 1.54) is 0 Å². The Labute approximate surface area is 157 Å². The Hall–Kier alpha value is -3.15. The van der Waals surface area contributed by atoms with Gasteiger partial charge in [-0.15, -0.1) is 0 Å². The predicted octanol–water partition coefficient (Wildman–Crippen LogP) is 3.01. The van der Waals surface area contributed by atoms with Crippen LogP contribution in [-0.2, 0) is 9.59 Å². The lowest BCUT2D eigenvalue weighted by molar-refractivity contribution is -0.134. The molecule has 1 aliphatic carbocycles. The highest BCUT2D eigenvalue weighted by Crippen LogP contribution is 2.42. The normalized spacial score (nSPS) is 21.9. The van der Waals surface area contributed by atoms with Crippen molar-refractivity contribution < 1.29 is 14.4 Å². The number of hydrogen-bond acceptors (Lipinski definition) is 3. The summed E-state index contributed by atoms with van der Waals surface area (Å²) in [7, 11) is 0. The van der Waals surface area contributed by atoms with E-state index in [1.54, 1.807) is 19.1 Å². The molecule has 0 bridgehead atoms. The van der Waals surface area contributed by atoms with Gasteiger partial charge in [0, 0.05) is 5.69 Å². The monoisotopic (exact) mass is 363 g/mol. The highest BCUT2D eigenvalue weighted by atomic mass is 16.2. The average molecular weight is 363 g/mol. The van der Waals surface area contributed by atoms with E-state index in [1.807, 2.05) is 42.5 Å². The summed E-state index contributed by atoms with van der Waals surface area (Å²) in [4.78, 5) is 38.0. The Morgan fingerprint density at radius 2 is 1.70 bits per heavy atom. The number of carbonyl (C=O) groups excluding carboxylic acids is 3. The van der Waals surface area contributed by atoms with Crippen molar-refractivity contribution in [2.75, 3.05) is 11.9 Å². The Balaban J connectivity index is 1.39. The average Bonchev–Trinajstić information content (AvgIpc) is 3.49. The molecule has 1 atom stereocenters. The van der Waals surface area contributed by atoms with Crippen LogP contribution in [0.4, 0.5) is 10.5 Å². The van der Waals surface area contributed by atoms with E-state index >= 15 is 0 Å². The molecular weight excluding hydrogens is 342 g/mol. The summed E-state index contributed by atoms with van der Waals surface area (Å²) in [6.45, 7) is 1.46. The maximum Gasteiger partial charge on any atom is 0.325 e. The van der Waals surface area contributed by atoms with Crippen LogP contribution in [0.5, 0.6) is 0 Å². The molecule has 138 valence electrons. The van der Waals surface area contributed by atoms with Crippen molar-refractivity contribution in [3.8, 4) is 11.1 Å². The number of rotatable bonds is 5. The highest BCUT2D eigenvalue weighted by Gasteiger charge is 2.56. The zero-order valence-electron chi connectivity index (χ0n) is 15.1. The summed E-state index contributed by atoms with van der Waals surface area (Å²) in [6, 6.07) is 16.9. The Kier molecular flexibility index (Phi) is 4.18. The van der Waals surface area contributed by atoms with Crippen LogP contribution in [0.25, 0.3) is 11.1 Å². The van der Waals surface area contributed by atoms with Crippen molar-refractivity contribution in [3.63, 3.8) is 0 Å². The number of benzene rings is 2. The summed E-state index contributed by atoms with van der Waals surface area (Å²) in [6.07, 6.45) is 1.85. The molecule has 1 saturated heterocycles. The quantitative estimate of drug-likeness (QED) is 0.802. The van der Waals surface area contributed by atoms with E-state index in [4.69, 9.17) is 0 Å². The maximum absolute atomic E-state index is 12.6. The van der Waals surface area contributed by atoms with E-state index in [0.29, 0.717) is 5.69 Å². The number of nitrogens with one attached hydrogen (secondary N) is 2. The van der Waals surface area contributed by atoms with Crippen molar-refractivity contribution in [2.24, 2.45) is 5.92 Å². The third-order valence-electron chi connectivity index (χ3n) is 5.27. The van der Waals surface area contributed by atoms with Crippen molar-refractivity contribution in [1.29, 1.82) is 0 Å². The standard InChI is InChI=1S/C21H21N3O3/c1-21(16-9-10-16)19(26)24(20(27)23-21)13-18(25)22-17-11-7-15(8-12-17)14-5-3-2-4-6-14/h2-8,11-12,16H,9-10,13H2,1H3,(H,22,25)(H,23,27)/t21-/m1/s1. The molecule has 4 amide bonds. The number of anilines is 1. The second-order valence-corrected chi connectivity index (χ2v) is 7.29. The van der Waals surface area contributed by atoms with Crippen LogP contribution in [0.2, 0.25) is 0 Å². The van der Waals surface area contributed by atoms with Gasteiger partial charge in [0.05, 0.1) is 0 Å². The SMILES string of the molecule is C[C@]1(C2CC2)NC(=O)N(CC(=O)Nc2ccc(-c3ccccc3)cc2)C1=O. The topological polar surface area (TPSA) is 78.5 Å². The lowest BCUT2D eigenvalue weighted by Crippen LogP contribution is -2.46. The van der Waals surface area contributed by atoms with Crippen molar-refractivity contribution in [3.05, 3.63) is 54.6 Å². The first-order chi connectivity index (χ1) is 13.0. The van der Waals surface area contributed by atoms with Gasteiger partial charge >= 0.3 is 6.03 Å². The first-order valence-electron chi connectivity index (χ1n) is 9.07. The minimum Gasteiger partial charge on any atom is -0.325 e. The van der Waals surface area contributed by atoms with Gasteiger partial charge < -0.3 is 10.6 Å². The zero-order chi connectivity index (χ0) is 19.0. The molecule has 1 aliphatic heterocycles. The lowest BCUT2D eigenvalue weighted by atomic mass is 9.96. The van der Waals surface area contributed by atoms with Gasteiger partial charge in [-0.05, 0) is 48.9 Å². The lowest BCUT2D eigenvalue weighted by Gasteiger charge is -2.20. The van der Waals surface area contributed by atoms with Crippen LogP contribution in [-0.4, -0.2) is 34.8 Å². The largest absolute Gasteiger partial charge is 0.325 e. The molecular formula is C21H21N3O3. The van der Waals surface area contributed by atoms with Crippen molar-refractivity contribution in [2.45, 2.75) is 25.3 Å². The van der Waals surface area contributed by atoms with Gasteiger partial charge in [0.15, 0.2) is 0 Å². The molecule has 1 saturated carbocycles. The van der Waals surface area contributed by atoms with Crippen LogP contribution in [0.3, 0.4) is 0 Å². The molecule has 27 heavy (non-hydrogen) atoms. The number of amides is 4. The van der Waals surface area contributed by atoms with E-state index in [9.17, 15) is 14.4 Å². The third-order valence-corrected chi connectivity index (χ3v) is 5.27. The molecule has 6 nitrogen and oxygen atoms in total. The van der Waals surface area contributed by atoms with E-state index in [-0.39, 0.29) is 18.4 Å². The first kappa shape index (κ1) is 17.3. The molecule has 0 unspecified atom stereocenters. The fraction of sp³-hybridized carbons (Fsp3) is 0.286. The summed E-state index contributed by atoms with van der Waals surface area (Å²) in [5.41, 5.74) is 1.89. The van der Waals surface area contributed by atoms with Crippen molar-refractivity contribution >= 4 is 23.5 Å². The highest BCUT2D eigenvalue weighted by molar-refractivity contribution is 6.10. The third kappa shape index (κ3) is 3.30. The summed E-state index contributed by atoms with van der Waals surface area (Å²) >= 11 is 0. The van der Waals surface area contributed by atoms with Gasteiger partial charge in [-0.25, -0.2) is 4.79 Å². The second-order valence-electron chi connectivity index (χ2n) is 7.29. The second kappa shape index (κ2) is 6.54. The van der Waals surface area contributed by atoms with Gasteiger partial charge in [-0.3, -0.25) is 14.5 Å². The van der Waals surface area contributed by atoms with Crippen LogP contribution < -0.4 is 10.6 Å². The summed E-state index contributed by atoms with van der Waals surface area (Å²) < 4.78 is 0. The number of nitrogens with zero attached hydrogens (tertiary/aromatic N) is 1. The molecule has 2 aliphatic rings. The Morgan fingerprint density at radius 1 is 1.07 bits per heavy atom. The van der Waals surface area contributed by atoms with Crippen LogP contribution in [0, 0.1) is 5.92 Å². The fourth-order valence-electron chi connectivity index (χ4n) is 3.52. The Morgan fingerprint density at radius 3 is 2.33 bits per heavy atom. The zero-order valence-corrected chi connectivity index (χ0v) is 15.1. The minimum atomic E-state index is -0.866. The van der Waals surface area contributed by atoms with E-state index in [2.05, 4.69) is 10.6 Å². The molecule has 0 spiro atoms. The number of imide groups is 1. The molecule has 4 rings (SSSR count). The fourth-order valence-corrected chi connectivity index (χ4v) is 3.52. The van der Waals surface area contributed by atoms with Crippen LogP contribution in [0.15, 0.2) is 54.6 Å². The van der Waals surface area contributed by atoms with Gasteiger partial charge in [0.2, 0.25) is 5.91 Å². The van der Waals surface area contributed by atoms with Crippen LogP contribution >= 0.6 is 0 Å². The minimum absolute atomic E-state index is 0.174. The molecule has 0 aromatic heterocycles. The maximum atomic E-state index is 12.6. The number of hydrogen-bond donors (Lipinski definition) is 2. The van der Waals surface area contributed by atoms with Crippen molar-refractivity contribution in [1.82, 2.24) is 10.2 Å². The predicted molar refractivity (Wildman–Crippen MR) is 102 cm³/mol.